The fourth-order valence-electron chi connectivity index (χ4n) is 2.41. The van der Waals surface area contributed by atoms with Crippen molar-refractivity contribution in [1.29, 1.82) is 0 Å². The molecule has 1 saturated heterocycles. The molecular formula is C17H23F2NO3. The third-order valence-corrected chi connectivity index (χ3v) is 3.63. The molecular weight excluding hydrogens is 304 g/mol. The molecule has 23 heavy (non-hydrogen) atoms. The third kappa shape index (κ3) is 5.37. The van der Waals surface area contributed by atoms with E-state index in [-0.39, 0.29) is 17.8 Å². The number of rotatable bonds is 3. The molecule has 0 spiro atoms. The molecule has 0 radical (unpaired) electrons. The van der Waals surface area contributed by atoms with Gasteiger partial charge in [0.2, 0.25) is 0 Å². The summed E-state index contributed by atoms with van der Waals surface area (Å²) in [6.07, 6.45) is 1.23. The maximum Gasteiger partial charge on any atom is 0.410 e. The van der Waals surface area contributed by atoms with Crippen molar-refractivity contribution in [2.45, 2.75) is 39.2 Å². The average Bonchev–Trinajstić information content (AvgIpc) is 2.45. The molecule has 1 heterocycles. The zero-order chi connectivity index (χ0) is 17.0. The standard InChI is InChI=1S/C17H23F2NO3/c1-17(2,3)23-16(21)20-8-6-12(7-9-20)11-22-15-5-4-13(18)10-14(15)19/h4-5,10,12H,6-9,11H2,1-3H3. The van der Waals surface area contributed by atoms with Gasteiger partial charge < -0.3 is 14.4 Å². The highest BCUT2D eigenvalue weighted by atomic mass is 19.1. The summed E-state index contributed by atoms with van der Waals surface area (Å²) in [4.78, 5) is 13.6. The molecule has 0 atom stereocenters. The van der Waals surface area contributed by atoms with Gasteiger partial charge in [-0.05, 0) is 51.7 Å². The quantitative estimate of drug-likeness (QED) is 0.842. The Balaban J connectivity index is 1.77. The minimum Gasteiger partial charge on any atom is -0.490 e. The lowest BCUT2D eigenvalue weighted by Gasteiger charge is -2.33. The van der Waals surface area contributed by atoms with Crippen molar-refractivity contribution in [1.82, 2.24) is 4.90 Å². The van der Waals surface area contributed by atoms with Crippen LogP contribution in [-0.4, -0.2) is 36.3 Å². The SMILES string of the molecule is CC(C)(C)OC(=O)N1CCC(COc2ccc(F)cc2F)CC1. The number of ether oxygens (including phenoxy) is 2. The maximum atomic E-state index is 13.5. The van der Waals surface area contributed by atoms with E-state index >= 15 is 0 Å². The second-order valence-electron chi connectivity index (χ2n) is 6.80. The number of hydrogen-bond donors (Lipinski definition) is 0. The van der Waals surface area contributed by atoms with E-state index in [4.69, 9.17) is 9.47 Å². The molecule has 1 fully saturated rings. The normalized spacial score (nSPS) is 16.3. The first-order valence-corrected chi connectivity index (χ1v) is 7.80. The summed E-state index contributed by atoms with van der Waals surface area (Å²) in [5.74, 6) is -1.03. The first-order valence-electron chi connectivity index (χ1n) is 7.80. The lowest BCUT2D eigenvalue weighted by molar-refractivity contribution is 0.0164. The summed E-state index contributed by atoms with van der Waals surface area (Å²) in [7, 11) is 0. The number of amides is 1. The Bertz CT molecular complexity index is 549. The van der Waals surface area contributed by atoms with Gasteiger partial charge in [0.25, 0.3) is 0 Å². The van der Waals surface area contributed by atoms with Gasteiger partial charge in [0, 0.05) is 19.2 Å². The molecule has 0 N–H and O–H groups in total. The molecule has 128 valence electrons. The first-order chi connectivity index (χ1) is 10.7. The highest BCUT2D eigenvalue weighted by Gasteiger charge is 2.27. The van der Waals surface area contributed by atoms with Gasteiger partial charge in [0.1, 0.15) is 11.4 Å². The summed E-state index contributed by atoms with van der Waals surface area (Å²) >= 11 is 0. The topological polar surface area (TPSA) is 38.8 Å². The molecule has 2 rings (SSSR count). The lowest BCUT2D eigenvalue weighted by Crippen LogP contribution is -2.42. The van der Waals surface area contributed by atoms with Crippen LogP contribution in [0.1, 0.15) is 33.6 Å². The van der Waals surface area contributed by atoms with E-state index in [2.05, 4.69) is 0 Å². The number of likely N-dealkylation sites (tertiary alicyclic amines) is 1. The Hall–Kier alpha value is -1.85. The van der Waals surface area contributed by atoms with Crippen LogP contribution in [0.25, 0.3) is 0 Å². The van der Waals surface area contributed by atoms with Crippen molar-refractivity contribution in [3.63, 3.8) is 0 Å². The van der Waals surface area contributed by atoms with Crippen LogP contribution < -0.4 is 4.74 Å². The molecule has 0 bridgehead atoms. The summed E-state index contributed by atoms with van der Waals surface area (Å²) in [5.41, 5.74) is -0.503. The molecule has 1 aliphatic heterocycles. The minimum absolute atomic E-state index is 0.0565. The minimum atomic E-state index is -0.698. The zero-order valence-corrected chi connectivity index (χ0v) is 13.8. The summed E-state index contributed by atoms with van der Waals surface area (Å²) in [6, 6.07) is 3.27. The van der Waals surface area contributed by atoms with Gasteiger partial charge in [0.15, 0.2) is 11.6 Å². The maximum absolute atomic E-state index is 13.5. The second-order valence-corrected chi connectivity index (χ2v) is 6.80. The van der Waals surface area contributed by atoms with Crippen LogP contribution in [0, 0.1) is 17.6 Å². The predicted molar refractivity (Wildman–Crippen MR) is 82.4 cm³/mol. The number of halogens is 2. The van der Waals surface area contributed by atoms with Crippen LogP contribution in [0.5, 0.6) is 5.75 Å². The van der Waals surface area contributed by atoms with Crippen LogP contribution in [0.15, 0.2) is 18.2 Å². The number of nitrogens with zero attached hydrogens (tertiary/aromatic N) is 1. The smallest absolute Gasteiger partial charge is 0.410 e. The molecule has 0 saturated carbocycles. The van der Waals surface area contributed by atoms with Gasteiger partial charge in [-0.3, -0.25) is 0 Å². The van der Waals surface area contributed by atoms with Gasteiger partial charge in [-0.15, -0.1) is 0 Å². The van der Waals surface area contributed by atoms with E-state index in [0.717, 1.165) is 18.9 Å². The van der Waals surface area contributed by atoms with Crippen molar-refractivity contribution in [2.75, 3.05) is 19.7 Å². The van der Waals surface area contributed by atoms with Crippen LogP contribution in [0.3, 0.4) is 0 Å². The highest BCUT2D eigenvalue weighted by molar-refractivity contribution is 5.68. The van der Waals surface area contributed by atoms with Gasteiger partial charge in [0.05, 0.1) is 6.61 Å². The van der Waals surface area contributed by atoms with E-state index < -0.39 is 17.2 Å². The summed E-state index contributed by atoms with van der Waals surface area (Å²) in [5, 5.41) is 0. The summed E-state index contributed by atoms with van der Waals surface area (Å²) < 4.78 is 37.1. The van der Waals surface area contributed by atoms with Gasteiger partial charge in [-0.1, -0.05) is 0 Å². The van der Waals surface area contributed by atoms with Crippen LogP contribution in [0.2, 0.25) is 0 Å². The second kappa shape index (κ2) is 7.15. The third-order valence-electron chi connectivity index (χ3n) is 3.63. The van der Waals surface area contributed by atoms with E-state index in [0.29, 0.717) is 19.7 Å². The Morgan fingerprint density at radius 2 is 1.91 bits per heavy atom. The Kier molecular flexibility index (Phi) is 5.44. The van der Waals surface area contributed by atoms with Gasteiger partial charge >= 0.3 is 6.09 Å². The van der Waals surface area contributed by atoms with Gasteiger partial charge in [-0.25, -0.2) is 13.6 Å². The van der Waals surface area contributed by atoms with Crippen molar-refractivity contribution < 1.29 is 23.0 Å². The number of hydrogen-bond acceptors (Lipinski definition) is 3. The van der Waals surface area contributed by atoms with Crippen LogP contribution in [-0.2, 0) is 4.74 Å². The Morgan fingerprint density at radius 1 is 1.26 bits per heavy atom. The van der Waals surface area contributed by atoms with Crippen molar-refractivity contribution in [3.8, 4) is 5.75 Å². The number of benzene rings is 1. The van der Waals surface area contributed by atoms with E-state index in [9.17, 15) is 13.6 Å². The molecule has 0 aromatic heterocycles. The van der Waals surface area contributed by atoms with Crippen molar-refractivity contribution in [3.05, 3.63) is 29.8 Å². The molecule has 0 unspecified atom stereocenters. The number of carbonyl (C=O) groups excluding carboxylic acids is 1. The van der Waals surface area contributed by atoms with E-state index in [1.54, 1.807) is 4.90 Å². The molecule has 6 heteroatoms. The lowest BCUT2D eigenvalue weighted by atomic mass is 9.98. The predicted octanol–water partition coefficient (Wildman–Crippen LogP) is 3.99. The Labute approximate surface area is 135 Å². The van der Waals surface area contributed by atoms with Crippen LogP contribution in [0.4, 0.5) is 13.6 Å². The number of carbonyl (C=O) groups is 1. The number of piperidine rings is 1. The molecule has 1 amide bonds. The van der Waals surface area contributed by atoms with Gasteiger partial charge in [-0.2, -0.15) is 0 Å². The first kappa shape index (κ1) is 17.5. The van der Waals surface area contributed by atoms with E-state index in [1.165, 1.54) is 12.1 Å². The molecule has 1 aromatic carbocycles. The largest absolute Gasteiger partial charge is 0.490 e. The zero-order valence-electron chi connectivity index (χ0n) is 13.8. The fraction of sp³-hybridized carbons (Fsp3) is 0.588. The summed E-state index contributed by atoms with van der Waals surface area (Å²) in [6.45, 7) is 7.04. The average molecular weight is 327 g/mol. The molecule has 0 aliphatic carbocycles. The van der Waals surface area contributed by atoms with Crippen LogP contribution >= 0.6 is 0 Å². The molecule has 1 aromatic rings. The van der Waals surface area contributed by atoms with Crippen molar-refractivity contribution >= 4 is 6.09 Å². The molecule has 1 aliphatic rings. The molecule has 4 nitrogen and oxygen atoms in total. The van der Waals surface area contributed by atoms with Crippen molar-refractivity contribution in [2.24, 2.45) is 5.92 Å². The van der Waals surface area contributed by atoms with E-state index in [1.807, 2.05) is 20.8 Å². The Morgan fingerprint density at radius 3 is 2.48 bits per heavy atom. The highest BCUT2D eigenvalue weighted by Crippen LogP contribution is 2.23. The fourth-order valence-corrected chi connectivity index (χ4v) is 2.41. The monoisotopic (exact) mass is 327 g/mol.